The summed E-state index contributed by atoms with van der Waals surface area (Å²) in [7, 11) is 0. The molecule has 2 atom stereocenters. The van der Waals surface area contributed by atoms with Gasteiger partial charge in [-0.15, -0.1) is 0 Å². The first-order valence-electron chi connectivity index (χ1n) is 8.99. The van der Waals surface area contributed by atoms with Crippen LogP contribution in [0.2, 0.25) is 10.0 Å². The largest absolute Gasteiger partial charge is 0.480 e. The van der Waals surface area contributed by atoms with Crippen molar-refractivity contribution in [2.75, 3.05) is 0 Å². The lowest BCUT2D eigenvalue weighted by atomic mass is 10.0. The van der Waals surface area contributed by atoms with Crippen LogP contribution in [-0.2, 0) is 22.7 Å². The normalized spacial score (nSPS) is 13.4. The van der Waals surface area contributed by atoms with Crippen LogP contribution in [0.5, 0.6) is 0 Å². The molecule has 0 aliphatic rings. The third kappa shape index (κ3) is 6.62. The molecular formula is C19H23Cl2N3O5. The van der Waals surface area contributed by atoms with Crippen LogP contribution >= 0.6 is 23.2 Å². The monoisotopic (exact) mass is 443 g/mol. The number of aliphatic carboxylic acids is 2. The maximum Gasteiger partial charge on any atom is 0.328 e. The predicted octanol–water partition coefficient (Wildman–Crippen LogP) is 2.55. The average Bonchev–Trinajstić information content (AvgIpc) is 2.92. The van der Waals surface area contributed by atoms with Gasteiger partial charge in [0, 0.05) is 22.4 Å². The van der Waals surface area contributed by atoms with E-state index in [1.54, 1.807) is 18.2 Å². The molecular weight excluding hydrogens is 421 g/mol. The number of benzene rings is 1. The van der Waals surface area contributed by atoms with Gasteiger partial charge < -0.3 is 10.2 Å². The molecule has 0 saturated carbocycles. The van der Waals surface area contributed by atoms with Crippen molar-refractivity contribution in [1.29, 1.82) is 0 Å². The molecule has 0 amide bonds. The minimum absolute atomic E-state index is 0.0615. The van der Waals surface area contributed by atoms with Gasteiger partial charge in [0.25, 0.3) is 0 Å². The Kier molecular flexibility index (Phi) is 7.89. The summed E-state index contributed by atoms with van der Waals surface area (Å²) in [6.45, 7) is 3.70. The van der Waals surface area contributed by atoms with Crippen LogP contribution in [0.25, 0.3) is 0 Å². The van der Waals surface area contributed by atoms with Crippen molar-refractivity contribution < 1.29 is 19.8 Å². The lowest BCUT2D eigenvalue weighted by molar-refractivity contribution is -0.143. The maximum atomic E-state index is 12.6. The molecule has 2 rings (SSSR count). The fraction of sp³-hybridized carbons (Fsp3) is 0.421. The van der Waals surface area contributed by atoms with Gasteiger partial charge in [-0.3, -0.25) is 24.0 Å². The van der Waals surface area contributed by atoms with Crippen molar-refractivity contribution in [3.05, 3.63) is 56.7 Å². The Labute approximate surface area is 177 Å². The van der Waals surface area contributed by atoms with E-state index in [0.717, 1.165) is 5.56 Å². The van der Waals surface area contributed by atoms with Crippen LogP contribution in [0, 0.1) is 5.92 Å². The summed E-state index contributed by atoms with van der Waals surface area (Å²) in [6, 6.07) is 2.69. The van der Waals surface area contributed by atoms with E-state index in [0.29, 0.717) is 10.0 Å². The highest BCUT2D eigenvalue weighted by atomic mass is 35.5. The van der Waals surface area contributed by atoms with Crippen LogP contribution in [0.1, 0.15) is 25.8 Å². The molecule has 2 unspecified atom stereocenters. The molecule has 2 aromatic rings. The summed E-state index contributed by atoms with van der Waals surface area (Å²) in [6.07, 6.45) is 3.26. The first kappa shape index (κ1) is 23.0. The van der Waals surface area contributed by atoms with E-state index in [1.165, 1.54) is 21.5 Å². The quantitative estimate of drug-likeness (QED) is 0.519. The van der Waals surface area contributed by atoms with Crippen LogP contribution in [-0.4, -0.2) is 43.4 Å². The van der Waals surface area contributed by atoms with Gasteiger partial charge in [0.05, 0.1) is 13.1 Å². The van der Waals surface area contributed by atoms with Crippen molar-refractivity contribution >= 4 is 35.1 Å². The highest BCUT2D eigenvalue weighted by Crippen LogP contribution is 2.19. The Bertz CT molecular complexity index is 918. The summed E-state index contributed by atoms with van der Waals surface area (Å²) in [5.41, 5.74) is 0.294. The molecule has 158 valence electrons. The summed E-state index contributed by atoms with van der Waals surface area (Å²) in [4.78, 5) is 35.7. The topological polar surface area (TPSA) is 114 Å². The standard InChI is InChI=1S/C19H23Cl2N3O5/c1-11(2)5-15(17(25)26)22-16(18(27)28)10-24-4-3-23(19(24)29)9-12-6-13(20)8-14(21)7-12/h3-4,6-8,11,15-16,22H,5,9-10H2,1-2H3,(H,25,26)(H,27,28). The molecule has 1 heterocycles. The molecule has 1 aromatic carbocycles. The molecule has 0 saturated heterocycles. The van der Waals surface area contributed by atoms with Crippen LogP contribution in [0.4, 0.5) is 0 Å². The number of carbonyl (C=O) groups is 2. The van der Waals surface area contributed by atoms with Crippen LogP contribution < -0.4 is 11.0 Å². The van der Waals surface area contributed by atoms with E-state index >= 15 is 0 Å². The van der Waals surface area contributed by atoms with Gasteiger partial charge in [0.2, 0.25) is 0 Å². The Morgan fingerprint density at radius 1 is 1.00 bits per heavy atom. The molecule has 0 aliphatic heterocycles. The molecule has 0 radical (unpaired) electrons. The average molecular weight is 444 g/mol. The highest BCUT2D eigenvalue weighted by molar-refractivity contribution is 6.34. The Hall–Kier alpha value is -2.29. The molecule has 0 fully saturated rings. The molecule has 0 bridgehead atoms. The number of nitrogens with one attached hydrogen (secondary N) is 1. The number of aromatic nitrogens is 2. The van der Waals surface area contributed by atoms with Crippen LogP contribution in [0.15, 0.2) is 35.4 Å². The van der Waals surface area contributed by atoms with E-state index in [9.17, 15) is 24.6 Å². The fourth-order valence-corrected chi connectivity index (χ4v) is 3.54. The van der Waals surface area contributed by atoms with Crippen molar-refractivity contribution in [1.82, 2.24) is 14.5 Å². The maximum absolute atomic E-state index is 12.6. The minimum atomic E-state index is -1.23. The summed E-state index contributed by atoms with van der Waals surface area (Å²) < 4.78 is 2.62. The highest BCUT2D eigenvalue weighted by Gasteiger charge is 2.27. The van der Waals surface area contributed by atoms with Crippen molar-refractivity contribution in [2.45, 2.75) is 45.4 Å². The first-order chi connectivity index (χ1) is 13.6. The van der Waals surface area contributed by atoms with Gasteiger partial charge in [0.1, 0.15) is 12.1 Å². The zero-order valence-corrected chi connectivity index (χ0v) is 17.5. The number of hydrogen-bond acceptors (Lipinski definition) is 4. The third-order valence-electron chi connectivity index (χ3n) is 4.28. The van der Waals surface area contributed by atoms with Gasteiger partial charge in [-0.25, -0.2) is 4.79 Å². The fourth-order valence-electron chi connectivity index (χ4n) is 2.96. The molecule has 8 nitrogen and oxygen atoms in total. The van der Waals surface area contributed by atoms with Crippen molar-refractivity contribution in [3.63, 3.8) is 0 Å². The van der Waals surface area contributed by atoms with Gasteiger partial charge in [-0.05, 0) is 36.1 Å². The lowest BCUT2D eigenvalue weighted by Crippen LogP contribution is -2.50. The SMILES string of the molecule is CC(C)CC(NC(Cn1ccn(Cc2cc(Cl)cc(Cl)c2)c1=O)C(=O)O)C(=O)O. The third-order valence-corrected chi connectivity index (χ3v) is 4.71. The number of halogens is 2. The number of imidazole rings is 1. The Balaban J connectivity index is 2.17. The van der Waals surface area contributed by atoms with E-state index in [-0.39, 0.29) is 25.4 Å². The second kappa shape index (κ2) is 9.96. The zero-order valence-electron chi connectivity index (χ0n) is 16.0. The smallest absolute Gasteiger partial charge is 0.328 e. The molecule has 0 spiro atoms. The summed E-state index contributed by atoms with van der Waals surface area (Å²) in [5, 5.41) is 22.3. The number of carboxylic acid groups (broad SMARTS) is 2. The summed E-state index contributed by atoms with van der Waals surface area (Å²) >= 11 is 12.0. The van der Waals surface area contributed by atoms with E-state index < -0.39 is 29.7 Å². The molecule has 0 aliphatic carbocycles. The molecule has 1 aromatic heterocycles. The first-order valence-corrected chi connectivity index (χ1v) is 9.74. The van der Waals surface area contributed by atoms with Gasteiger partial charge in [-0.2, -0.15) is 0 Å². The predicted molar refractivity (Wildman–Crippen MR) is 110 cm³/mol. The number of carboxylic acids is 2. The number of rotatable bonds is 10. The van der Waals surface area contributed by atoms with E-state index in [1.807, 2.05) is 13.8 Å². The Morgan fingerprint density at radius 2 is 1.55 bits per heavy atom. The lowest BCUT2D eigenvalue weighted by Gasteiger charge is -2.21. The van der Waals surface area contributed by atoms with Crippen molar-refractivity contribution in [2.24, 2.45) is 5.92 Å². The van der Waals surface area contributed by atoms with Gasteiger partial charge in [0.15, 0.2) is 0 Å². The second-order valence-electron chi connectivity index (χ2n) is 7.22. The molecule has 29 heavy (non-hydrogen) atoms. The van der Waals surface area contributed by atoms with Crippen LogP contribution in [0.3, 0.4) is 0 Å². The molecule has 10 heteroatoms. The van der Waals surface area contributed by atoms with Gasteiger partial charge >= 0.3 is 17.6 Å². The zero-order chi connectivity index (χ0) is 21.7. The Morgan fingerprint density at radius 3 is 2.07 bits per heavy atom. The van der Waals surface area contributed by atoms with Crippen molar-refractivity contribution in [3.8, 4) is 0 Å². The second-order valence-corrected chi connectivity index (χ2v) is 8.09. The van der Waals surface area contributed by atoms with Gasteiger partial charge in [-0.1, -0.05) is 37.0 Å². The summed E-state index contributed by atoms with van der Waals surface area (Å²) in [5.74, 6) is -2.31. The van der Waals surface area contributed by atoms with E-state index in [2.05, 4.69) is 5.32 Å². The molecule has 3 N–H and O–H groups in total. The van der Waals surface area contributed by atoms with E-state index in [4.69, 9.17) is 23.2 Å². The number of nitrogens with zero attached hydrogens (tertiary/aromatic N) is 2. The minimum Gasteiger partial charge on any atom is -0.480 e. The number of hydrogen-bond donors (Lipinski definition) is 3.